The van der Waals surface area contributed by atoms with E-state index in [2.05, 4.69) is 5.09 Å². The van der Waals surface area contributed by atoms with Gasteiger partial charge in [-0.3, -0.25) is 0 Å². The van der Waals surface area contributed by atoms with E-state index >= 15 is 0 Å². The number of rotatable bonds is 3. The summed E-state index contributed by atoms with van der Waals surface area (Å²) in [6, 6.07) is 13.1. The van der Waals surface area contributed by atoms with Gasteiger partial charge in [0.05, 0.1) is 0 Å². The van der Waals surface area contributed by atoms with Crippen molar-refractivity contribution in [1.82, 2.24) is 5.09 Å². The van der Waals surface area contributed by atoms with Crippen LogP contribution in [0.4, 0.5) is 0 Å². The van der Waals surface area contributed by atoms with Crippen LogP contribution < -0.4 is 14.1 Å². The smallest absolute Gasteiger partial charge is 0.404 e. The Hall–Kier alpha value is -1.97. The molecule has 4 nitrogen and oxygen atoms in total. The fourth-order valence-electron chi connectivity index (χ4n) is 3.99. The van der Waals surface area contributed by atoms with Gasteiger partial charge in [-0.05, 0) is 74.6 Å². The average molecular weight is 476 g/mol. The predicted octanol–water partition coefficient (Wildman–Crippen LogP) is 8.12. The SMILES string of the molecule is Cc1cc2c(c(C)c1Cl)-c1c(cc(C)c(Cl)c1C)OP(=O)(N[C@@H](C)c1ccccc1)O2. The fraction of sp³-hybridized carbons (Fsp3) is 0.250. The van der Waals surface area contributed by atoms with E-state index in [0.717, 1.165) is 38.9 Å². The Morgan fingerprint density at radius 2 is 1.29 bits per heavy atom. The monoisotopic (exact) mass is 475 g/mol. The van der Waals surface area contributed by atoms with Crippen molar-refractivity contribution in [2.24, 2.45) is 0 Å². The lowest BCUT2D eigenvalue weighted by Gasteiger charge is -2.23. The van der Waals surface area contributed by atoms with E-state index in [0.29, 0.717) is 21.5 Å². The van der Waals surface area contributed by atoms with Gasteiger partial charge >= 0.3 is 7.75 Å². The minimum Gasteiger partial charge on any atom is -0.404 e. The molecule has 0 saturated heterocycles. The standard InChI is InChI=1S/C24H24Cl2NO3P/c1-13-11-19-21(15(3)23(13)25)22-16(4)24(26)14(2)12-20(22)30-31(28,29-19)27-17(5)18-9-7-6-8-10-18/h6-12,17H,1-5H3,(H,27,28)/t17-/m0/s1. The highest BCUT2D eigenvalue weighted by molar-refractivity contribution is 7.52. The third-order valence-corrected chi connectivity index (χ3v) is 8.37. The van der Waals surface area contributed by atoms with Crippen LogP contribution in [0.3, 0.4) is 0 Å². The average Bonchev–Trinajstić information content (AvgIpc) is 2.84. The molecule has 31 heavy (non-hydrogen) atoms. The first-order chi connectivity index (χ1) is 14.6. The van der Waals surface area contributed by atoms with Gasteiger partial charge < -0.3 is 9.05 Å². The van der Waals surface area contributed by atoms with Crippen molar-refractivity contribution in [2.45, 2.75) is 40.7 Å². The first-order valence-corrected chi connectivity index (χ1v) is 12.3. The van der Waals surface area contributed by atoms with Crippen LogP contribution in [0, 0.1) is 27.7 Å². The third-order valence-electron chi connectivity index (χ3n) is 5.63. The maximum atomic E-state index is 14.0. The molecular formula is C24H24Cl2NO3P. The van der Waals surface area contributed by atoms with Crippen molar-refractivity contribution in [3.8, 4) is 22.6 Å². The summed E-state index contributed by atoms with van der Waals surface area (Å²) in [5.41, 5.74) is 5.79. The molecule has 1 heterocycles. The Bertz CT molecular complexity index is 1160. The lowest BCUT2D eigenvalue weighted by atomic mass is 9.92. The first kappa shape index (κ1) is 22.2. The topological polar surface area (TPSA) is 47.6 Å². The molecule has 0 radical (unpaired) electrons. The molecule has 0 bridgehead atoms. The second-order valence-electron chi connectivity index (χ2n) is 7.95. The molecule has 3 aromatic rings. The van der Waals surface area contributed by atoms with Crippen molar-refractivity contribution in [1.29, 1.82) is 0 Å². The zero-order valence-corrected chi connectivity index (χ0v) is 20.5. The first-order valence-electron chi connectivity index (χ1n) is 10.0. The van der Waals surface area contributed by atoms with Crippen molar-refractivity contribution in [2.75, 3.05) is 0 Å². The van der Waals surface area contributed by atoms with Crippen LogP contribution in [0.15, 0.2) is 42.5 Å². The van der Waals surface area contributed by atoms with Crippen LogP contribution in [0.5, 0.6) is 11.5 Å². The molecule has 0 spiro atoms. The van der Waals surface area contributed by atoms with Gasteiger partial charge in [0.15, 0.2) is 0 Å². The van der Waals surface area contributed by atoms with Crippen molar-refractivity contribution in [3.63, 3.8) is 0 Å². The Balaban J connectivity index is 1.92. The molecule has 3 aromatic carbocycles. The third kappa shape index (κ3) is 3.99. The van der Waals surface area contributed by atoms with E-state index in [9.17, 15) is 4.57 Å². The molecule has 0 aromatic heterocycles. The molecule has 0 saturated carbocycles. The summed E-state index contributed by atoms with van der Waals surface area (Å²) in [6.07, 6.45) is 0. The lowest BCUT2D eigenvalue weighted by molar-refractivity contribution is 0.368. The van der Waals surface area contributed by atoms with E-state index in [-0.39, 0.29) is 6.04 Å². The van der Waals surface area contributed by atoms with E-state index < -0.39 is 7.75 Å². The van der Waals surface area contributed by atoms with Gasteiger partial charge in [0.1, 0.15) is 11.5 Å². The number of aryl methyl sites for hydroxylation is 2. The summed E-state index contributed by atoms with van der Waals surface area (Å²) >= 11 is 13.2. The number of hydrogen-bond donors (Lipinski definition) is 1. The number of fused-ring (bicyclic) bond motifs is 3. The van der Waals surface area contributed by atoms with Gasteiger partial charge in [0.2, 0.25) is 0 Å². The molecule has 0 aliphatic carbocycles. The molecule has 7 heteroatoms. The van der Waals surface area contributed by atoms with Crippen LogP contribution in [-0.2, 0) is 4.57 Å². The van der Waals surface area contributed by atoms with Gasteiger partial charge in [-0.1, -0.05) is 53.5 Å². The van der Waals surface area contributed by atoms with Gasteiger partial charge in [-0.15, -0.1) is 0 Å². The Morgan fingerprint density at radius 1 is 0.839 bits per heavy atom. The molecule has 162 valence electrons. The summed E-state index contributed by atoms with van der Waals surface area (Å²) < 4.78 is 26.1. The maximum Gasteiger partial charge on any atom is 0.513 e. The summed E-state index contributed by atoms with van der Waals surface area (Å²) in [4.78, 5) is 0. The van der Waals surface area contributed by atoms with Crippen molar-refractivity contribution < 1.29 is 13.6 Å². The van der Waals surface area contributed by atoms with Crippen LogP contribution in [0.25, 0.3) is 11.1 Å². The summed E-state index contributed by atoms with van der Waals surface area (Å²) in [5.74, 6) is 0.912. The zero-order valence-electron chi connectivity index (χ0n) is 18.0. The van der Waals surface area contributed by atoms with Gasteiger partial charge in [-0.25, -0.2) is 4.57 Å². The molecule has 4 rings (SSSR count). The molecule has 1 aliphatic rings. The normalized spacial score (nSPS) is 15.2. The maximum absolute atomic E-state index is 14.0. The molecule has 0 fully saturated rings. The lowest BCUT2D eigenvalue weighted by Crippen LogP contribution is -2.21. The molecule has 1 aliphatic heterocycles. The molecule has 1 N–H and O–H groups in total. The van der Waals surface area contributed by atoms with Gasteiger partial charge in [0, 0.05) is 27.2 Å². The quantitative estimate of drug-likeness (QED) is 0.388. The van der Waals surface area contributed by atoms with E-state index in [1.165, 1.54) is 0 Å². The number of nitrogens with one attached hydrogen (secondary N) is 1. The fourth-order valence-corrected chi connectivity index (χ4v) is 5.86. The largest absolute Gasteiger partial charge is 0.513 e. The molecule has 0 amide bonds. The second-order valence-corrected chi connectivity index (χ2v) is 10.3. The van der Waals surface area contributed by atoms with Crippen LogP contribution in [0.1, 0.15) is 40.8 Å². The van der Waals surface area contributed by atoms with Crippen LogP contribution >= 0.6 is 30.9 Å². The Kier molecular flexibility index (Phi) is 5.87. The Morgan fingerprint density at radius 3 is 1.74 bits per heavy atom. The van der Waals surface area contributed by atoms with Gasteiger partial charge in [0.25, 0.3) is 0 Å². The minimum atomic E-state index is -3.79. The highest BCUT2D eigenvalue weighted by Crippen LogP contribution is 2.58. The minimum absolute atomic E-state index is 0.263. The number of benzene rings is 3. The Labute approximate surface area is 193 Å². The van der Waals surface area contributed by atoms with E-state index in [1.807, 2.05) is 65.0 Å². The predicted molar refractivity (Wildman–Crippen MR) is 128 cm³/mol. The molecule has 1 atom stereocenters. The van der Waals surface area contributed by atoms with Crippen LogP contribution in [0.2, 0.25) is 10.0 Å². The summed E-state index contributed by atoms with van der Waals surface area (Å²) in [7, 11) is -3.79. The molecular weight excluding hydrogens is 452 g/mol. The number of hydrogen-bond acceptors (Lipinski definition) is 3. The zero-order chi connectivity index (χ0) is 22.5. The highest BCUT2D eigenvalue weighted by Gasteiger charge is 2.38. The summed E-state index contributed by atoms with van der Waals surface area (Å²) in [6.45, 7) is 9.55. The van der Waals surface area contributed by atoms with Gasteiger partial charge in [-0.2, -0.15) is 5.09 Å². The van der Waals surface area contributed by atoms with Crippen molar-refractivity contribution in [3.05, 3.63) is 80.3 Å². The van der Waals surface area contributed by atoms with Crippen molar-refractivity contribution >= 4 is 30.9 Å². The molecule has 0 unspecified atom stereocenters. The van der Waals surface area contributed by atoms with E-state index in [1.54, 1.807) is 12.1 Å². The summed E-state index contributed by atoms with van der Waals surface area (Å²) in [5, 5.41) is 4.35. The highest BCUT2D eigenvalue weighted by atomic mass is 35.5. The number of halogens is 2. The van der Waals surface area contributed by atoms with E-state index in [4.69, 9.17) is 32.2 Å². The van der Waals surface area contributed by atoms with Crippen LogP contribution in [-0.4, -0.2) is 0 Å². The second kappa shape index (κ2) is 8.18.